The number of phenols is 1. The van der Waals surface area contributed by atoms with Crippen molar-refractivity contribution in [1.82, 2.24) is 5.32 Å². The van der Waals surface area contributed by atoms with Gasteiger partial charge in [0.15, 0.2) is 0 Å². The second-order valence-corrected chi connectivity index (χ2v) is 4.42. The highest BCUT2D eigenvalue weighted by Gasteiger charge is 2.21. The Kier molecular flexibility index (Phi) is 4.04. The minimum atomic E-state index is -0.0531. The lowest BCUT2D eigenvalue weighted by molar-refractivity contribution is -0.120. The summed E-state index contributed by atoms with van der Waals surface area (Å²) in [6.07, 6.45) is 1.89. The number of piperidine rings is 1. The van der Waals surface area contributed by atoms with Crippen LogP contribution in [-0.2, 0) is 4.79 Å². The molecule has 0 radical (unpaired) electrons. The first-order chi connectivity index (χ1) is 8.70. The number of rotatable bonds is 3. The summed E-state index contributed by atoms with van der Waals surface area (Å²) in [7, 11) is 1.53. The van der Waals surface area contributed by atoms with Crippen molar-refractivity contribution in [2.45, 2.75) is 12.8 Å². The molecule has 98 valence electrons. The van der Waals surface area contributed by atoms with E-state index in [1.54, 1.807) is 12.1 Å². The summed E-state index contributed by atoms with van der Waals surface area (Å²) in [6, 6.07) is 4.82. The van der Waals surface area contributed by atoms with Gasteiger partial charge in [-0.15, -0.1) is 0 Å². The molecule has 1 aromatic rings. The molecule has 1 aliphatic rings. The van der Waals surface area contributed by atoms with Crippen LogP contribution in [0.4, 0.5) is 5.69 Å². The number of phenolic OH excluding ortho intramolecular Hbond substituents is 1. The minimum Gasteiger partial charge on any atom is -0.506 e. The Labute approximate surface area is 106 Å². The Bertz CT molecular complexity index is 428. The molecule has 1 heterocycles. The van der Waals surface area contributed by atoms with Gasteiger partial charge in [-0.2, -0.15) is 0 Å². The average molecular weight is 250 g/mol. The summed E-state index contributed by atoms with van der Waals surface area (Å²) in [5.74, 6) is 0.499. The number of hydrogen-bond acceptors (Lipinski definition) is 4. The van der Waals surface area contributed by atoms with E-state index in [4.69, 9.17) is 4.74 Å². The molecule has 1 aromatic carbocycles. The summed E-state index contributed by atoms with van der Waals surface area (Å²) < 4.78 is 4.99. The average Bonchev–Trinajstić information content (AvgIpc) is 2.42. The number of aromatic hydroxyl groups is 1. The van der Waals surface area contributed by atoms with Crippen molar-refractivity contribution in [2.24, 2.45) is 5.92 Å². The smallest absolute Gasteiger partial charge is 0.228 e. The van der Waals surface area contributed by atoms with Crippen LogP contribution < -0.4 is 15.4 Å². The second kappa shape index (κ2) is 5.73. The topological polar surface area (TPSA) is 70.6 Å². The molecule has 1 atom stereocenters. The van der Waals surface area contributed by atoms with Gasteiger partial charge in [0.05, 0.1) is 18.7 Å². The van der Waals surface area contributed by atoms with Crippen LogP contribution in [0.1, 0.15) is 12.8 Å². The van der Waals surface area contributed by atoms with Crippen molar-refractivity contribution >= 4 is 11.6 Å². The minimum absolute atomic E-state index is 0.0199. The number of nitrogens with one attached hydrogen (secondary N) is 2. The summed E-state index contributed by atoms with van der Waals surface area (Å²) in [6.45, 7) is 1.67. The van der Waals surface area contributed by atoms with E-state index >= 15 is 0 Å². The van der Waals surface area contributed by atoms with Gasteiger partial charge in [-0.1, -0.05) is 0 Å². The molecule has 2 rings (SSSR count). The Morgan fingerprint density at radius 1 is 1.56 bits per heavy atom. The van der Waals surface area contributed by atoms with Gasteiger partial charge < -0.3 is 20.5 Å². The van der Waals surface area contributed by atoms with Crippen molar-refractivity contribution in [3.05, 3.63) is 18.2 Å². The molecule has 0 bridgehead atoms. The van der Waals surface area contributed by atoms with E-state index in [1.165, 1.54) is 13.2 Å². The lowest BCUT2D eigenvalue weighted by Crippen LogP contribution is -2.37. The largest absolute Gasteiger partial charge is 0.506 e. The van der Waals surface area contributed by atoms with E-state index in [0.717, 1.165) is 19.4 Å². The maximum atomic E-state index is 12.0. The van der Waals surface area contributed by atoms with E-state index in [2.05, 4.69) is 10.6 Å². The first kappa shape index (κ1) is 12.7. The van der Waals surface area contributed by atoms with Gasteiger partial charge >= 0.3 is 0 Å². The summed E-state index contributed by atoms with van der Waals surface area (Å²) in [5, 5.41) is 15.7. The lowest BCUT2D eigenvalue weighted by atomic mass is 9.99. The molecular formula is C13H18N2O3. The number of hydrogen-bond donors (Lipinski definition) is 3. The van der Waals surface area contributed by atoms with Crippen molar-refractivity contribution in [1.29, 1.82) is 0 Å². The first-order valence-electron chi connectivity index (χ1n) is 6.09. The van der Waals surface area contributed by atoms with E-state index in [0.29, 0.717) is 18.0 Å². The van der Waals surface area contributed by atoms with Gasteiger partial charge in [-0.05, 0) is 31.5 Å². The van der Waals surface area contributed by atoms with Crippen LogP contribution >= 0.6 is 0 Å². The van der Waals surface area contributed by atoms with Crippen LogP contribution in [0.15, 0.2) is 18.2 Å². The Morgan fingerprint density at radius 3 is 3.00 bits per heavy atom. The molecule has 18 heavy (non-hydrogen) atoms. The van der Waals surface area contributed by atoms with Gasteiger partial charge in [0.25, 0.3) is 0 Å². The van der Waals surface area contributed by atoms with Crippen LogP contribution in [0.2, 0.25) is 0 Å². The third-order valence-electron chi connectivity index (χ3n) is 3.13. The molecule has 1 fully saturated rings. The number of amides is 1. The molecule has 1 saturated heterocycles. The maximum absolute atomic E-state index is 12.0. The third-order valence-corrected chi connectivity index (χ3v) is 3.13. The number of methoxy groups -OCH3 is 1. The van der Waals surface area contributed by atoms with Crippen molar-refractivity contribution in [3.8, 4) is 11.5 Å². The molecule has 1 amide bonds. The highest BCUT2D eigenvalue weighted by molar-refractivity contribution is 5.94. The van der Waals surface area contributed by atoms with E-state index < -0.39 is 0 Å². The standard InChI is InChI=1S/C13H18N2O3/c1-18-10-4-5-11(12(16)7-10)15-13(17)9-3-2-6-14-8-9/h4-5,7,9,14,16H,2-3,6,8H2,1H3,(H,15,17). The van der Waals surface area contributed by atoms with Crippen LogP contribution in [0, 0.1) is 5.92 Å². The van der Waals surface area contributed by atoms with Crippen molar-refractivity contribution in [2.75, 3.05) is 25.5 Å². The Morgan fingerprint density at radius 2 is 2.39 bits per heavy atom. The monoisotopic (exact) mass is 250 g/mol. The lowest BCUT2D eigenvalue weighted by Gasteiger charge is -2.22. The van der Waals surface area contributed by atoms with Crippen LogP contribution in [-0.4, -0.2) is 31.2 Å². The van der Waals surface area contributed by atoms with Gasteiger partial charge in [0.2, 0.25) is 5.91 Å². The van der Waals surface area contributed by atoms with Gasteiger partial charge in [0.1, 0.15) is 11.5 Å². The normalized spacial score (nSPS) is 19.3. The Balaban J connectivity index is 2.02. The molecule has 0 aliphatic carbocycles. The first-order valence-corrected chi connectivity index (χ1v) is 6.09. The molecule has 0 saturated carbocycles. The zero-order chi connectivity index (χ0) is 13.0. The second-order valence-electron chi connectivity index (χ2n) is 4.42. The van der Waals surface area contributed by atoms with E-state index in [9.17, 15) is 9.90 Å². The quantitative estimate of drug-likeness (QED) is 0.708. The van der Waals surface area contributed by atoms with E-state index in [1.807, 2.05) is 0 Å². The summed E-state index contributed by atoms with van der Waals surface area (Å²) in [4.78, 5) is 12.0. The predicted octanol–water partition coefficient (Wildman–Crippen LogP) is 1.34. The SMILES string of the molecule is COc1ccc(NC(=O)C2CCCNC2)c(O)c1. The fraction of sp³-hybridized carbons (Fsp3) is 0.462. The fourth-order valence-corrected chi connectivity index (χ4v) is 2.05. The van der Waals surface area contributed by atoms with Crippen LogP contribution in [0.3, 0.4) is 0 Å². The molecule has 5 heteroatoms. The van der Waals surface area contributed by atoms with Crippen LogP contribution in [0.5, 0.6) is 11.5 Å². The zero-order valence-electron chi connectivity index (χ0n) is 10.4. The Hall–Kier alpha value is -1.75. The maximum Gasteiger partial charge on any atom is 0.228 e. The number of carbonyl (C=O) groups is 1. The molecule has 5 nitrogen and oxygen atoms in total. The molecule has 0 spiro atoms. The van der Waals surface area contributed by atoms with Crippen molar-refractivity contribution in [3.63, 3.8) is 0 Å². The summed E-state index contributed by atoms with van der Waals surface area (Å²) >= 11 is 0. The van der Waals surface area contributed by atoms with Gasteiger partial charge in [0, 0.05) is 12.6 Å². The van der Waals surface area contributed by atoms with E-state index in [-0.39, 0.29) is 17.6 Å². The van der Waals surface area contributed by atoms with Crippen molar-refractivity contribution < 1.29 is 14.6 Å². The highest BCUT2D eigenvalue weighted by atomic mass is 16.5. The third kappa shape index (κ3) is 2.92. The predicted molar refractivity (Wildman–Crippen MR) is 68.9 cm³/mol. The zero-order valence-corrected chi connectivity index (χ0v) is 10.4. The molecule has 1 unspecified atom stereocenters. The highest BCUT2D eigenvalue weighted by Crippen LogP contribution is 2.28. The molecular weight excluding hydrogens is 232 g/mol. The number of ether oxygens (including phenoxy) is 1. The van der Waals surface area contributed by atoms with Gasteiger partial charge in [-0.3, -0.25) is 4.79 Å². The number of benzene rings is 1. The van der Waals surface area contributed by atoms with Gasteiger partial charge in [-0.25, -0.2) is 0 Å². The van der Waals surface area contributed by atoms with Crippen LogP contribution in [0.25, 0.3) is 0 Å². The molecule has 1 aliphatic heterocycles. The number of anilines is 1. The number of carbonyl (C=O) groups excluding carboxylic acids is 1. The summed E-state index contributed by atoms with van der Waals surface area (Å²) in [5.41, 5.74) is 0.423. The fourth-order valence-electron chi connectivity index (χ4n) is 2.05. The molecule has 3 N–H and O–H groups in total. The molecule has 0 aromatic heterocycles.